The van der Waals surface area contributed by atoms with Gasteiger partial charge in [-0.15, -0.1) is 0 Å². The van der Waals surface area contributed by atoms with Crippen molar-refractivity contribution in [2.75, 3.05) is 19.8 Å². The van der Waals surface area contributed by atoms with Crippen LogP contribution in [0.5, 0.6) is 5.75 Å². The van der Waals surface area contributed by atoms with Gasteiger partial charge in [-0.3, -0.25) is 10.8 Å². The first-order chi connectivity index (χ1) is 17.6. The Bertz CT molecular complexity index is 1180. The van der Waals surface area contributed by atoms with E-state index in [2.05, 4.69) is 5.32 Å². The van der Waals surface area contributed by atoms with Crippen LogP contribution in [0, 0.1) is 10.8 Å². The Morgan fingerprint density at radius 3 is 2.59 bits per heavy atom. The first-order valence-electron chi connectivity index (χ1n) is 11.8. The zero-order valence-electron chi connectivity index (χ0n) is 19.8. The third-order valence-corrected chi connectivity index (χ3v) is 6.78. The van der Waals surface area contributed by atoms with E-state index < -0.39 is 36.5 Å². The molecule has 2 aromatic rings. The third-order valence-electron chi connectivity index (χ3n) is 6.53. The van der Waals surface area contributed by atoms with Gasteiger partial charge in [0, 0.05) is 23.6 Å². The normalized spacial score (nSPS) is 19.1. The van der Waals surface area contributed by atoms with Crippen LogP contribution in [0.15, 0.2) is 42.5 Å². The van der Waals surface area contributed by atoms with Crippen molar-refractivity contribution in [2.24, 2.45) is 0 Å². The summed E-state index contributed by atoms with van der Waals surface area (Å²) in [7, 11) is 0. The predicted octanol–water partition coefficient (Wildman–Crippen LogP) is 4.81. The fourth-order valence-corrected chi connectivity index (χ4v) is 4.73. The summed E-state index contributed by atoms with van der Waals surface area (Å²) in [4.78, 5) is 16.1. The highest BCUT2D eigenvalue weighted by Crippen LogP contribution is 2.38. The fraction of sp³-hybridized carbons (Fsp3) is 0.400. The molecule has 198 valence electrons. The quantitative estimate of drug-likeness (QED) is 0.324. The minimum atomic E-state index is -4.50. The summed E-state index contributed by atoms with van der Waals surface area (Å²) < 4.78 is 44.7. The lowest BCUT2D eigenvalue weighted by molar-refractivity contribution is -0.137. The molecule has 0 spiro atoms. The van der Waals surface area contributed by atoms with E-state index in [1.54, 1.807) is 24.3 Å². The van der Waals surface area contributed by atoms with Crippen LogP contribution in [0.2, 0.25) is 5.02 Å². The number of halogens is 4. The number of amidine groups is 2. The second-order valence-corrected chi connectivity index (χ2v) is 9.38. The third kappa shape index (κ3) is 5.99. The lowest BCUT2D eigenvalue weighted by Gasteiger charge is -2.34. The van der Waals surface area contributed by atoms with Gasteiger partial charge >= 0.3 is 12.2 Å². The molecule has 2 aromatic carbocycles. The molecule has 0 saturated carbocycles. The Balaban J connectivity index is 1.49. The zero-order chi connectivity index (χ0) is 26.7. The van der Waals surface area contributed by atoms with Gasteiger partial charge in [-0.05, 0) is 42.7 Å². The number of nitrogens with one attached hydrogen (secondary N) is 3. The van der Waals surface area contributed by atoms with Crippen LogP contribution >= 0.6 is 11.6 Å². The number of hydrogen-bond acceptors (Lipinski definition) is 5. The van der Waals surface area contributed by atoms with Crippen LogP contribution < -0.4 is 10.1 Å². The van der Waals surface area contributed by atoms with E-state index in [4.69, 9.17) is 27.2 Å². The zero-order valence-corrected chi connectivity index (χ0v) is 20.6. The van der Waals surface area contributed by atoms with E-state index in [-0.39, 0.29) is 30.6 Å². The molecule has 2 heterocycles. The molecule has 0 radical (unpaired) electrons. The summed E-state index contributed by atoms with van der Waals surface area (Å²) in [6.45, 7) is 0.105. The number of hydrogen-bond donors (Lipinski definition) is 4. The Labute approximate surface area is 217 Å². The average molecular weight is 538 g/mol. The molecular formula is C25H27ClF3N5O3. The smallest absolute Gasteiger partial charge is 0.416 e. The van der Waals surface area contributed by atoms with E-state index >= 15 is 0 Å². The van der Waals surface area contributed by atoms with Gasteiger partial charge in [0.1, 0.15) is 24.0 Å². The number of likely N-dealkylation sites (tertiary alicyclic amines) is 1. The van der Waals surface area contributed by atoms with Crippen molar-refractivity contribution in [2.45, 2.75) is 44.1 Å². The van der Waals surface area contributed by atoms with E-state index in [1.165, 1.54) is 15.9 Å². The number of alkyl halides is 3. The molecule has 4 rings (SSSR count). The number of nitrogens with zero attached hydrogens (tertiary/aromatic N) is 2. The summed E-state index contributed by atoms with van der Waals surface area (Å²) in [6.07, 6.45) is -2.97. The van der Waals surface area contributed by atoms with Crippen molar-refractivity contribution < 1.29 is 27.8 Å². The van der Waals surface area contributed by atoms with Crippen LogP contribution in [0.4, 0.5) is 18.0 Å². The minimum Gasteiger partial charge on any atom is -0.493 e. The Morgan fingerprint density at radius 2 is 1.92 bits per heavy atom. The number of aliphatic hydroxyl groups excluding tert-OH is 1. The van der Waals surface area contributed by atoms with E-state index in [9.17, 15) is 23.1 Å². The Kier molecular flexibility index (Phi) is 7.93. The molecule has 2 amide bonds. The van der Waals surface area contributed by atoms with Crippen molar-refractivity contribution >= 4 is 29.3 Å². The number of amides is 2. The average Bonchev–Trinajstić information content (AvgIpc) is 3.37. The maximum absolute atomic E-state index is 13.3. The summed E-state index contributed by atoms with van der Waals surface area (Å²) >= 11 is 5.95. The number of aliphatic hydroxyl groups is 1. The van der Waals surface area contributed by atoms with Crippen molar-refractivity contribution in [1.29, 1.82) is 10.8 Å². The molecule has 2 aliphatic heterocycles. The first-order valence-corrected chi connectivity index (χ1v) is 12.2. The van der Waals surface area contributed by atoms with Gasteiger partial charge in [-0.1, -0.05) is 29.8 Å². The molecule has 37 heavy (non-hydrogen) atoms. The second-order valence-electron chi connectivity index (χ2n) is 8.94. The molecule has 12 heteroatoms. The van der Waals surface area contributed by atoms with Crippen molar-refractivity contribution in [3.63, 3.8) is 0 Å². The van der Waals surface area contributed by atoms with Crippen LogP contribution in [0.25, 0.3) is 0 Å². The maximum Gasteiger partial charge on any atom is 0.416 e. The number of urea groups is 1. The standard InChI is InChI=1S/C25H27ClF3N5O3/c26-17-6-3-15(4-7-17)13-34(22(30)14-35)23(31)20-2-1-10-33(20)24(36)32-19-9-11-37-21-12-16(25(27,28)29)5-8-18(19)21/h3-8,12,19-20,30-31,35H,1-2,9-11,13-14H2,(H,32,36). The highest BCUT2D eigenvalue weighted by Gasteiger charge is 2.37. The number of carbonyl (C=O) groups excluding carboxylic acids is 1. The second kappa shape index (κ2) is 11.0. The molecule has 0 aliphatic carbocycles. The monoisotopic (exact) mass is 537 g/mol. The molecule has 2 unspecified atom stereocenters. The van der Waals surface area contributed by atoms with Gasteiger partial charge < -0.3 is 25.0 Å². The van der Waals surface area contributed by atoms with E-state index in [1.807, 2.05) is 0 Å². The predicted molar refractivity (Wildman–Crippen MR) is 132 cm³/mol. The molecule has 1 saturated heterocycles. The highest BCUT2D eigenvalue weighted by atomic mass is 35.5. The molecule has 0 bridgehead atoms. The molecule has 1 fully saturated rings. The van der Waals surface area contributed by atoms with Crippen molar-refractivity contribution in [1.82, 2.24) is 15.1 Å². The van der Waals surface area contributed by atoms with Gasteiger partial charge in [0.05, 0.1) is 30.8 Å². The molecular weight excluding hydrogens is 511 g/mol. The number of benzene rings is 2. The molecule has 8 nitrogen and oxygen atoms in total. The van der Waals surface area contributed by atoms with Gasteiger partial charge in [0.25, 0.3) is 0 Å². The van der Waals surface area contributed by atoms with Gasteiger partial charge in [0.15, 0.2) is 0 Å². The van der Waals surface area contributed by atoms with Crippen LogP contribution in [-0.4, -0.2) is 58.4 Å². The summed E-state index contributed by atoms with van der Waals surface area (Å²) in [5, 5.41) is 30.1. The largest absolute Gasteiger partial charge is 0.493 e. The number of ether oxygens (including phenoxy) is 1. The topological polar surface area (TPSA) is 113 Å². The van der Waals surface area contributed by atoms with Gasteiger partial charge in [-0.2, -0.15) is 13.2 Å². The summed E-state index contributed by atoms with van der Waals surface area (Å²) in [5.41, 5.74) is 0.418. The Hall–Kier alpha value is -3.31. The fourth-order valence-electron chi connectivity index (χ4n) is 4.61. The first kappa shape index (κ1) is 26.7. The minimum absolute atomic E-state index is 0.00356. The van der Waals surface area contributed by atoms with Crippen molar-refractivity contribution in [3.05, 3.63) is 64.2 Å². The lowest BCUT2D eigenvalue weighted by Crippen LogP contribution is -2.52. The Morgan fingerprint density at radius 1 is 1.19 bits per heavy atom. The van der Waals surface area contributed by atoms with Crippen molar-refractivity contribution in [3.8, 4) is 5.75 Å². The number of fused-ring (bicyclic) bond motifs is 1. The molecule has 2 aliphatic rings. The van der Waals surface area contributed by atoms with Crippen LogP contribution in [0.3, 0.4) is 0 Å². The lowest BCUT2D eigenvalue weighted by atomic mass is 9.98. The highest BCUT2D eigenvalue weighted by molar-refractivity contribution is 6.30. The summed E-state index contributed by atoms with van der Waals surface area (Å²) in [5.74, 6) is -0.0856. The summed E-state index contributed by atoms with van der Waals surface area (Å²) in [6, 6.07) is 8.52. The maximum atomic E-state index is 13.3. The SMILES string of the molecule is N=C(CO)N(Cc1ccc(Cl)cc1)C(=N)C1CCCN1C(=O)NC1CCOc2cc(C(F)(F)F)ccc21. The van der Waals surface area contributed by atoms with Crippen LogP contribution in [-0.2, 0) is 12.7 Å². The molecule has 0 aromatic heterocycles. The van der Waals surface area contributed by atoms with Gasteiger partial charge in [0.2, 0.25) is 0 Å². The number of rotatable bonds is 5. The molecule has 2 atom stereocenters. The van der Waals surface area contributed by atoms with Gasteiger partial charge in [-0.25, -0.2) is 4.79 Å². The van der Waals surface area contributed by atoms with E-state index in [0.29, 0.717) is 36.4 Å². The molecule has 4 N–H and O–H groups in total. The number of carbonyl (C=O) groups is 1. The van der Waals surface area contributed by atoms with Crippen LogP contribution in [0.1, 0.15) is 42.0 Å². The van der Waals surface area contributed by atoms with E-state index in [0.717, 1.165) is 17.7 Å².